The van der Waals surface area contributed by atoms with Gasteiger partial charge in [0.25, 0.3) is 11.1 Å². The fourth-order valence-corrected chi connectivity index (χ4v) is 4.73. The number of carbonyl (C=O) groups excluding carboxylic acids is 2. The summed E-state index contributed by atoms with van der Waals surface area (Å²) in [6, 6.07) is 13.9. The second-order valence-electron chi connectivity index (χ2n) is 7.33. The van der Waals surface area contributed by atoms with Gasteiger partial charge in [0.15, 0.2) is 0 Å². The normalized spacial score (nSPS) is 15.2. The second-order valence-corrected chi connectivity index (χ2v) is 8.73. The lowest BCUT2D eigenvalue weighted by Gasteiger charge is -2.14. The zero-order valence-electron chi connectivity index (χ0n) is 17.7. The number of hydrogen-bond donors (Lipinski definition) is 0. The van der Waals surface area contributed by atoms with Gasteiger partial charge in [0, 0.05) is 27.7 Å². The average molecular weight is 471 g/mol. The van der Waals surface area contributed by atoms with Crippen LogP contribution in [0.25, 0.3) is 11.8 Å². The molecule has 1 aromatic heterocycles. The molecular formula is C24H20ClFN2O3S. The van der Waals surface area contributed by atoms with Gasteiger partial charge < -0.3 is 9.30 Å². The molecule has 1 aliphatic heterocycles. The maximum Gasteiger partial charge on any atom is 0.293 e. The van der Waals surface area contributed by atoms with E-state index in [1.54, 1.807) is 13.2 Å². The monoisotopic (exact) mass is 470 g/mol. The van der Waals surface area contributed by atoms with E-state index in [1.807, 2.05) is 44.2 Å². The fourth-order valence-electron chi connectivity index (χ4n) is 3.68. The quantitative estimate of drug-likeness (QED) is 0.421. The highest BCUT2D eigenvalue weighted by atomic mass is 35.5. The molecule has 2 amide bonds. The van der Waals surface area contributed by atoms with Crippen molar-refractivity contribution in [3.05, 3.63) is 86.8 Å². The van der Waals surface area contributed by atoms with E-state index in [4.69, 9.17) is 16.3 Å². The van der Waals surface area contributed by atoms with Crippen molar-refractivity contribution in [2.24, 2.45) is 0 Å². The Balaban J connectivity index is 1.63. The minimum absolute atomic E-state index is 0.121. The molecule has 3 aromatic rings. The first-order valence-corrected chi connectivity index (χ1v) is 11.0. The van der Waals surface area contributed by atoms with Crippen LogP contribution in [-0.2, 0) is 11.3 Å². The number of halogens is 2. The number of methoxy groups -OCH3 is 1. The number of aryl methyl sites for hydroxylation is 1. The highest BCUT2D eigenvalue weighted by Crippen LogP contribution is 2.35. The predicted octanol–water partition coefficient (Wildman–Crippen LogP) is 6.13. The second kappa shape index (κ2) is 8.84. The van der Waals surface area contributed by atoms with Crippen LogP contribution in [0, 0.1) is 19.7 Å². The highest BCUT2D eigenvalue weighted by Gasteiger charge is 2.36. The minimum Gasteiger partial charge on any atom is -0.497 e. The van der Waals surface area contributed by atoms with Gasteiger partial charge in [0.05, 0.1) is 18.6 Å². The van der Waals surface area contributed by atoms with Crippen LogP contribution in [-0.4, -0.2) is 27.7 Å². The molecule has 0 bridgehead atoms. The summed E-state index contributed by atoms with van der Waals surface area (Å²) in [5.41, 5.74) is 3.82. The molecule has 4 rings (SSSR count). The number of rotatable bonds is 5. The molecule has 8 heteroatoms. The minimum atomic E-state index is -0.552. The molecule has 0 aliphatic carbocycles. The Bertz CT molecular complexity index is 1230. The molecule has 0 atom stereocenters. The number of carbonyl (C=O) groups is 2. The summed E-state index contributed by atoms with van der Waals surface area (Å²) in [5.74, 6) is -0.253. The molecule has 0 spiro atoms. The Hall–Kier alpha value is -3.03. The van der Waals surface area contributed by atoms with Crippen molar-refractivity contribution in [1.29, 1.82) is 0 Å². The van der Waals surface area contributed by atoms with Crippen molar-refractivity contribution in [2.75, 3.05) is 7.11 Å². The van der Waals surface area contributed by atoms with Crippen molar-refractivity contribution in [3.8, 4) is 11.4 Å². The van der Waals surface area contributed by atoms with Crippen LogP contribution in [0.15, 0.2) is 53.4 Å². The lowest BCUT2D eigenvalue weighted by molar-refractivity contribution is -0.123. The Labute approximate surface area is 194 Å². The molecule has 2 aromatic carbocycles. The molecule has 0 saturated carbocycles. The smallest absolute Gasteiger partial charge is 0.293 e. The van der Waals surface area contributed by atoms with E-state index in [9.17, 15) is 14.0 Å². The fraction of sp³-hybridized carbons (Fsp3) is 0.167. The van der Waals surface area contributed by atoms with Crippen molar-refractivity contribution >= 4 is 40.6 Å². The summed E-state index contributed by atoms with van der Waals surface area (Å²) in [5, 5.41) is -0.277. The van der Waals surface area contributed by atoms with Gasteiger partial charge in [-0.1, -0.05) is 17.7 Å². The zero-order chi connectivity index (χ0) is 23.0. The van der Waals surface area contributed by atoms with Gasteiger partial charge in [-0.05, 0) is 79.7 Å². The van der Waals surface area contributed by atoms with Gasteiger partial charge in [0.2, 0.25) is 0 Å². The summed E-state index contributed by atoms with van der Waals surface area (Å²) in [4.78, 5) is 26.7. The molecular weight excluding hydrogens is 451 g/mol. The van der Waals surface area contributed by atoms with E-state index in [2.05, 4.69) is 4.57 Å². The lowest BCUT2D eigenvalue weighted by Crippen LogP contribution is -2.28. The van der Waals surface area contributed by atoms with Crippen LogP contribution in [0.1, 0.15) is 22.5 Å². The first-order valence-electron chi connectivity index (χ1n) is 9.81. The number of hydrogen-bond acceptors (Lipinski definition) is 4. The number of imide groups is 1. The van der Waals surface area contributed by atoms with Crippen LogP contribution in [0.2, 0.25) is 5.02 Å². The maximum absolute atomic E-state index is 14.1. The third-order valence-electron chi connectivity index (χ3n) is 5.34. The Morgan fingerprint density at radius 2 is 1.84 bits per heavy atom. The van der Waals surface area contributed by atoms with Gasteiger partial charge in [-0.3, -0.25) is 14.5 Å². The predicted molar refractivity (Wildman–Crippen MR) is 125 cm³/mol. The van der Waals surface area contributed by atoms with E-state index >= 15 is 0 Å². The summed E-state index contributed by atoms with van der Waals surface area (Å²) >= 11 is 6.91. The molecule has 5 nitrogen and oxygen atoms in total. The lowest BCUT2D eigenvalue weighted by atomic mass is 10.2. The van der Waals surface area contributed by atoms with Crippen LogP contribution >= 0.6 is 23.4 Å². The number of ether oxygens (including phenoxy) is 1. The van der Waals surface area contributed by atoms with Gasteiger partial charge >= 0.3 is 0 Å². The molecule has 1 saturated heterocycles. The van der Waals surface area contributed by atoms with Gasteiger partial charge in [0.1, 0.15) is 11.6 Å². The summed E-state index contributed by atoms with van der Waals surface area (Å²) in [6.07, 6.45) is 1.70. The van der Waals surface area contributed by atoms with Crippen molar-refractivity contribution in [2.45, 2.75) is 20.4 Å². The Morgan fingerprint density at radius 3 is 2.50 bits per heavy atom. The molecule has 32 heavy (non-hydrogen) atoms. The van der Waals surface area contributed by atoms with E-state index < -0.39 is 17.0 Å². The van der Waals surface area contributed by atoms with E-state index in [-0.39, 0.29) is 22.0 Å². The molecule has 0 radical (unpaired) electrons. The molecule has 1 fully saturated rings. The molecule has 0 unspecified atom stereocenters. The third-order valence-corrected chi connectivity index (χ3v) is 6.60. The summed E-state index contributed by atoms with van der Waals surface area (Å²) in [6.45, 7) is 3.71. The number of aromatic nitrogens is 1. The van der Waals surface area contributed by atoms with E-state index in [1.165, 1.54) is 18.2 Å². The average Bonchev–Trinajstić information content (AvgIpc) is 3.19. The van der Waals surface area contributed by atoms with Crippen LogP contribution < -0.4 is 4.74 Å². The molecule has 2 heterocycles. The Kier molecular flexibility index (Phi) is 6.13. The summed E-state index contributed by atoms with van der Waals surface area (Å²) in [7, 11) is 1.62. The first kappa shape index (κ1) is 22.2. The van der Waals surface area contributed by atoms with Crippen molar-refractivity contribution in [3.63, 3.8) is 0 Å². The number of thioether (sulfide) groups is 1. The number of amides is 2. The number of nitrogens with zero attached hydrogens (tertiary/aromatic N) is 2. The standard InChI is InChI=1S/C24H20ClFN2O3S/c1-14-11-16(15(2)28(14)17-7-9-18(31-3)10-8-17)12-22-23(29)27(24(30)32-22)13-19-20(25)5-4-6-21(19)26/h4-12H,13H2,1-3H3/b22-12-. The zero-order valence-corrected chi connectivity index (χ0v) is 19.3. The molecule has 1 aliphatic rings. The van der Waals surface area contributed by atoms with Crippen LogP contribution in [0.4, 0.5) is 9.18 Å². The van der Waals surface area contributed by atoms with Gasteiger partial charge in [-0.2, -0.15) is 0 Å². The Morgan fingerprint density at radius 1 is 1.12 bits per heavy atom. The van der Waals surface area contributed by atoms with Gasteiger partial charge in [-0.15, -0.1) is 0 Å². The summed E-state index contributed by atoms with van der Waals surface area (Å²) < 4.78 is 21.4. The SMILES string of the molecule is COc1ccc(-n2c(C)cc(/C=C3\SC(=O)N(Cc4c(F)cccc4Cl)C3=O)c2C)cc1. The van der Waals surface area contributed by atoms with Crippen molar-refractivity contribution < 1.29 is 18.7 Å². The van der Waals surface area contributed by atoms with Crippen molar-refractivity contribution in [1.82, 2.24) is 9.47 Å². The highest BCUT2D eigenvalue weighted by molar-refractivity contribution is 8.18. The largest absolute Gasteiger partial charge is 0.497 e. The molecule has 0 N–H and O–H groups in total. The van der Waals surface area contributed by atoms with Crippen LogP contribution in [0.3, 0.4) is 0 Å². The van der Waals surface area contributed by atoms with Gasteiger partial charge in [-0.25, -0.2) is 4.39 Å². The first-order chi connectivity index (χ1) is 15.3. The van der Waals surface area contributed by atoms with Crippen LogP contribution in [0.5, 0.6) is 5.75 Å². The third kappa shape index (κ3) is 4.06. The topological polar surface area (TPSA) is 51.5 Å². The molecule has 164 valence electrons. The van der Waals surface area contributed by atoms with E-state index in [0.717, 1.165) is 45.1 Å². The maximum atomic E-state index is 14.1. The van der Waals surface area contributed by atoms with E-state index in [0.29, 0.717) is 0 Å². The number of benzene rings is 2.